The summed E-state index contributed by atoms with van der Waals surface area (Å²) in [5, 5.41) is 3.37. The van der Waals surface area contributed by atoms with Crippen molar-refractivity contribution in [2.45, 2.75) is 26.5 Å². The Labute approximate surface area is 153 Å². The molecule has 2 heterocycles. The van der Waals surface area contributed by atoms with Gasteiger partial charge < -0.3 is 14.8 Å². The molecule has 1 unspecified atom stereocenters. The zero-order valence-electron chi connectivity index (χ0n) is 15.0. The molecular formula is C20H23N3O3. The Morgan fingerprint density at radius 1 is 1.08 bits per heavy atom. The highest BCUT2D eigenvalue weighted by Gasteiger charge is 2.23. The van der Waals surface area contributed by atoms with Crippen molar-refractivity contribution in [3.8, 4) is 11.5 Å². The largest absolute Gasteiger partial charge is 0.490 e. The van der Waals surface area contributed by atoms with Gasteiger partial charge in [0.2, 0.25) is 6.23 Å². The van der Waals surface area contributed by atoms with Crippen molar-refractivity contribution in [1.82, 2.24) is 5.48 Å². The van der Waals surface area contributed by atoms with Crippen LogP contribution in [-0.4, -0.2) is 25.6 Å². The number of amidine groups is 1. The molecule has 2 aliphatic heterocycles. The van der Waals surface area contributed by atoms with E-state index in [-0.39, 0.29) is 0 Å². The fourth-order valence-corrected chi connectivity index (χ4v) is 3.23. The van der Waals surface area contributed by atoms with Crippen LogP contribution >= 0.6 is 0 Å². The first-order valence-electron chi connectivity index (χ1n) is 9.04. The number of benzene rings is 2. The number of ether oxygens (including phenoxy) is 2. The van der Waals surface area contributed by atoms with Gasteiger partial charge in [-0.15, -0.1) is 0 Å². The van der Waals surface area contributed by atoms with Crippen LogP contribution in [0, 0.1) is 0 Å². The molecule has 0 fully saturated rings. The molecule has 6 heteroatoms. The van der Waals surface area contributed by atoms with E-state index < -0.39 is 6.23 Å². The van der Waals surface area contributed by atoms with E-state index in [1.54, 1.807) is 0 Å². The van der Waals surface area contributed by atoms with Crippen LogP contribution in [0.25, 0.3) is 0 Å². The van der Waals surface area contributed by atoms with E-state index in [9.17, 15) is 0 Å². The quantitative estimate of drug-likeness (QED) is 0.833. The molecule has 0 spiro atoms. The lowest BCUT2D eigenvalue weighted by atomic mass is 10.1. The minimum Gasteiger partial charge on any atom is -0.490 e. The zero-order valence-corrected chi connectivity index (χ0v) is 15.0. The van der Waals surface area contributed by atoms with Gasteiger partial charge in [-0.3, -0.25) is 0 Å². The lowest BCUT2D eigenvalue weighted by Gasteiger charge is -2.13. The van der Waals surface area contributed by atoms with Gasteiger partial charge in [0, 0.05) is 23.4 Å². The summed E-state index contributed by atoms with van der Waals surface area (Å²) in [7, 11) is 0. The second-order valence-corrected chi connectivity index (χ2v) is 6.17. The molecule has 2 N–H and O–H groups in total. The van der Waals surface area contributed by atoms with E-state index in [4.69, 9.17) is 19.3 Å². The van der Waals surface area contributed by atoms with Crippen LogP contribution in [-0.2, 0) is 11.3 Å². The van der Waals surface area contributed by atoms with Crippen LogP contribution in [0.15, 0.2) is 41.4 Å². The number of hydrogen-bond donors (Lipinski definition) is 2. The summed E-state index contributed by atoms with van der Waals surface area (Å²) in [4.78, 5) is 10.4. The van der Waals surface area contributed by atoms with Crippen molar-refractivity contribution in [2.24, 2.45) is 4.99 Å². The molecule has 0 amide bonds. The monoisotopic (exact) mass is 353 g/mol. The molecule has 4 rings (SSSR count). The average molecular weight is 353 g/mol. The minimum atomic E-state index is -0.411. The van der Waals surface area contributed by atoms with Gasteiger partial charge in [0.05, 0.1) is 13.2 Å². The molecular weight excluding hydrogens is 330 g/mol. The molecule has 2 aromatic rings. The number of hydrogen-bond acceptors (Lipinski definition) is 6. The molecule has 1 atom stereocenters. The standard InChI is InChI=1S/C20H23N3O3/c1-3-24-17-8-6-15(12-18(17)25-4-2)20-22-19(23-26-20)14-5-7-16-13(11-14)9-10-21-16/h5-8,11-12,20-21H,3-4,9-10H2,1-2H3,(H,22,23). The van der Waals surface area contributed by atoms with Gasteiger partial charge in [0.15, 0.2) is 17.3 Å². The van der Waals surface area contributed by atoms with E-state index >= 15 is 0 Å². The topological polar surface area (TPSA) is 64.1 Å². The van der Waals surface area contributed by atoms with E-state index in [0.717, 1.165) is 35.7 Å². The number of nitrogens with zero attached hydrogens (tertiary/aromatic N) is 1. The third kappa shape index (κ3) is 3.20. The molecule has 0 saturated carbocycles. The number of fused-ring (bicyclic) bond motifs is 1. The predicted molar refractivity (Wildman–Crippen MR) is 101 cm³/mol. The van der Waals surface area contributed by atoms with Gasteiger partial charge >= 0.3 is 0 Å². The number of rotatable bonds is 6. The first kappa shape index (κ1) is 16.7. The smallest absolute Gasteiger partial charge is 0.202 e. The van der Waals surface area contributed by atoms with Crippen LogP contribution < -0.4 is 20.3 Å². The lowest BCUT2D eigenvalue weighted by molar-refractivity contribution is 0.0375. The summed E-state index contributed by atoms with van der Waals surface area (Å²) in [5.74, 6) is 2.19. The number of aliphatic imine (C=N–C) groups is 1. The summed E-state index contributed by atoms with van der Waals surface area (Å²) in [5.41, 5.74) is 7.43. The fraction of sp³-hybridized carbons (Fsp3) is 0.350. The summed E-state index contributed by atoms with van der Waals surface area (Å²) in [6, 6.07) is 12.1. The Hall–Kier alpha value is -2.73. The highest BCUT2D eigenvalue weighted by molar-refractivity contribution is 5.99. The second kappa shape index (κ2) is 7.25. The van der Waals surface area contributed by atoms with E-state index in [2.05, 4.69) is 29.0 Å². The molecule has 2 aliphatic rings. The second-order valence-electron chi connectivity index (χ2n) is 6.17. The number of hydroxylamine groups is 1. The first-order chi connectivity index (χ1) is 12.8. The lowest BCUT2D eigenvalue weighted by Crippen LogP contribution is -2.18. The van der Waals surface area contributed by atoms with Crippen LogP contribution in [0.2, 0.25) is 0 Å². The fourth-order valence-electron chi connectivity index (χ4n) is 3.23. The van der Waals surface area contributed by atoms with Crippen molar-refractivity contribution < 1.29 is 14.3 Å². The third-order valence-electron chi connectivity index (χ3n) is 4.45. The molecule has 0 aromatic heterocycles. The maximum absolute atomic E-state index is 5.70. The van der Waals surface area contributed by atoms with Crippen molar-refractivity contribution >= 4 is 11.5 Å². The molecule has 0 saturated heterocycles. The van der Waals surface area contributed by atoms with Gasteiger partial charge in [-0.25, -0.2) is 15.3 Å². The Balaban J connectivity index is 1.58. The summed E-state index contributed by atoms with van der Waals surface area (Å²) in [6.45, 7) is 6.07. The van der Waals surface area contributed by atoms with Crippen molar-refractivity contribution in [3.63, 3.8) is 0 Å². The molecule has 136 valence electrons. The van der Waals surface area contributed by atoms with E-state index in [0.29, 0.717) is 19.0 Å². The number of nitrogens with one attached hydrogen (secondary N) is 2. The van der Waals surface area contributed by atoms with Gasteiger partial charge in [0.1, 0.15) is 0 Å². The Kier molecular flexibility index (Phi) is 4.67. The highest BCUT2D eigenvalue weighted by atomic mass is 16.7. The normalized spacial score (nSPS) is 17.9. The molecule has 26 heavy (non-hydrogen) atoms. The van der Waals surface area contributed by atoms with Gasteiger partial charge in [-0.05, 0) is 56.2 Å². The Bertz CT molecular complexity index is 835. The van der Waals surface area contributed by atoms with Crippen LogP contribution in [0.5, 0.6) is 11.5 Å². The minimum absolute atomic E-state index is 0.411. The van der Waals surface area contributed by atoms with Gasteiger partial charge in [-0.2, -0.15) is 0 Å². The van der Waals surface area contributed by atoms with Crippen molar-refractivity contribution in [2.75, 3.05) is 25.1 Å². The van der Waals surface area contributed by atoms with Crippen LogP contribution in [0.3, 0.4) is 0 Å². The first-order valence-corrected chi connectivity index (χ1v) is 9.04. The summed E-state index contributed by atoms with van der Waals surface area (Å²) in [6.07, 6.45) is 0.628. The van der Waals surface area contributed by atoms with Gasteiger partial charge in [-0.1, -0.05) is 6.07 Å². The third-order valence-corrected chi connectivity index (χ3v) is 4.45. The van der Waals surface area contributed by atoms with Crippen molar-refractivity contribution in [1.29, 1.82) is 0 Å². The Morgan fingerprint density at radius 2 is 1.92 bits per heavy atom. The van der Waals surface area contributed by atoms with Crippen LogP contribution in [0.4, 0.5) is 5.69 Å². The molecule has 0 aliphatic carbocycles. The van der Waals surface area contributed by atoms with Crippen molar-refractivity contribution in [3.05, 3.63) is 53.1 Å². The van der Waals surface area contributed by atoms with E-state index in [1.165, 1.54) is 11.3 Å². The predicted octanol–water partition coefficient (Wildman–Crippen LogP) is 3.43. The Morgan fingerprint density at radius 3 is 2.77 bits per heavy atom. The highest BCUT2D eigenvalue weighted by Crippen LogP contribution is 2.33. The van der Waals surface area contributed by atoms with E-state index in [1.807, 2.05) is 32.0 Å². The summed E-state index contributed by atoms with van der Waals surface area (Å²) >= 11 is 0. The van der Waals surface area contributed by atoms with Crippen LogP contribution in [0.1, 0.15) is 36.8 Å². The molecule has 0 radical (unpaired) electrons. The maximum atomic E-state index is 5.70. The number of anilines is 1. The molecule has 6 nitrogen and oxygen atoms in total. The SMILES string of the molecule is CCOc1ccc(C2N=C(c3ccc4c(c3)CCN4)NO2)cc1OCC. The maximum Gasteiger partial charge on any atom is 0.202 e. The molecule has 2 aromatic carbocycles. The van der Waals surface area contributed by atoms with Gasteiger partial charge in [0.25, 0.3) is 0 Å². The zero-order chi connectivity index (χ0) is 17.9. The average Bonchev–Trinajstić information content (AvgIpc) is 3.32. The summed E-state index contributed by atoms with van der Waals surface area (Å²) < 4.78 is 11.3. The molecule has 0 bridgehead atoms.